The standard InChI is InChI=1S/C24H19N5O3S.C19H15N3O6S2/c1-15-3-11-21-17(13-15)5-12-22-24(21)28-29(27-22)20-9-7-18(8-10-20)25-26-19-6-4-16(2)23(14-19)33(30,31)32;1-2-5-12-8-9-13(10-18(12)30(24,25)26)22-20-16-11-17(29-28-27-23)14-6-3-4-7-15(14)19(16)21-22/h3-14H,1-2H3,(H,30,31,32);2-11,23H,1H3,(H,24,25,26). The monoisotopic (exact) mass is 902 g/mol. The van der Waals surface area contributed by atoms with E-state index in [2.05, 4.69) is 65.1 Å². The van der Waals surface area contributed by atoms with Crippen LogP contribution in [-0.4, -0.2) is 61.2 Å². The summed E-state index contributed by atoms with van der Waals surface area (Å²) in [5, 5.41) is 42.4. The molecule has 318 valence electrons. The molecule has 0 spiro atoms. The highest BCUT2D eigenvalue weighted by Gasteiger charge is 2.19. The molecule has 0 radical (unpaired) electrons. The first kappa shape index (κ1) is 42.9. The zero-order chi connectivity index (χ0) is 44.5. The average Bonchev–Trinajstić information content (AvgIpc) is 3.91. The minimum absolute atomic E-state index is 0.186. The second-order valence-electron chi connectivity index (χ2n) is 14.0. The second kappa shape index (κ2) is 17.6. The van der Waals surface area contributed by atoms with E-state index in [0.717, 1.165) is 50.3 Å². The zero-order valence-electron chi connectivity index (χ0n) is 33.3. The Morgan fingerprint density at radius 3 is 2.00 bits per heavy atom. The fourth-order valence-electron chi connectivity index (χ4n) is 6.78. The van der Waals surface area contributed by atoms with Crippen LogP contribution >= 0.6 is 12.0 Å². The van der Waals surface area contributed by atoms with Crippen molar-refractivity contribution in [2.75, 3.05) is 0 Å². The number of benzene rings is 7. The van der Waals surface area contributed by atoms with Crippen LogP contribution in [0.3, 0.4) is 0 Å². The van der Waals surface area contributed by atoms with Gasteiger partial charge in [0, 0.05) is 21.1 Å². The number of aromatic nitrogens is 6. The van der Waals surface area contributed by atoms with Crippen molar-refractivity contribution in [1.82, 2.24) is 30.0 Å². The number of nitrogens with zero attached hydrogens (tertiary/aromatic N) is 8. The van der Waals surface area contributed by atoms with Crippen molar-refractivity contribution in [2.45, 2.75) is 35.5 Å². The van der Waals surface area contributed by atoms with Crippen molar-refractivity contribution < 1.29 is 40.6 Å². The largest absolute Gasteiger partial charge is 0.295 e. The number of aryl methyl sites for hydroxylation is 2. The molecule has 63 heavy (non-hydrogen) atoms. The Morgan fingerprint density at radius 2 is 1.29 bits per heavy atom. The zero-order valence-corrected chi connectivity index (χ0v) is 35.7. The molecule has 0 aliphatic heterocycles. The van der Waals surface area contributed by atoms with Gasteiger partial charge in [0.25, 0.3) is 20.2 Å². The number of allylic oxidation sites excluding steroid dienone is 1. The molecule has 9 aromatic rings. The molecule has 20 heteroatoms. The Kier molecular flexibility index (Phi) is 12.0. The van der Waals surface area contributed by atoms with Crippen LogP contribution in [0, 0.1) is 13.8 Å². The number of fused-ring (bicyclic) bond motifs is 6. The van der Waals surface area contributed by atoms with E-state index >= 15 is 0 Å². The summed E-state index contributed by atoms with van der Waals surface area (Å²) >= 11 is 0.814. The lowest BCUT2D eigenvalue weighted by molar-refractivity contribution is -0.432. The number of hydrogen-bond donors (Lipinski definition) is 3. The molecule has 0 aliphatic carbocycles. The van der Waals surface area contributed by atoms with Crippen LogP contribution in [0.25, 0.3) is 61.1 Å². The first-order chi connectivity index (χ1) is 30.2. The van der Waals surface area contributed by atoms with Gasteiger partial charge in [-0.25, -0.2) is 5.26 Å². The summed E-state index contributed by atoms with van der Waals surface area (Å²) in [4.78, 5) is 3.09. The van der Waals surface area contributed by atoms with Gasteiger partial charge in [0.2, 0.25) is 0 Å². The van der Waals surface area contributed by atoms with E-state index in [9.17, 15) is 25.9 Å². The molecule has 7 aromatic carbocycles. The van der Waals surface area contributed by atoms with Gasteiger partial charge in [-0.1, -0.05) is 83.4 Å². The van der Waals surface area contributed by atoms with E-state index in [4.69, 9.17) is 5.26 Å². The van der Waals surface area contributed by atoms with Crippen LogP contribution in [0.5, 0.6) is 0 Å². The lowest BCUT2D eigenvalue weighted by atomic mass is 10.1. The van der Waals surface area contributed by atoms with Gasteiger partial charge >= 0.3 is 0 Å². The third-order valence-electron chi connectivity index (χ3n) is 9.70. The highest BCUT2D eigenvalue weighted by Crippen LogP contribution is 2.34. The Bertz CT molecular complexity index is 3500. The summed E-state index contributed by atoms with van der Waals surface area (Å²) < 4.78 is 70.1. The van der Waals surface area contributed by atoms with Crippen LogP contribution in [-0.2, 0) is 29.6 Å². The fourth-order valence-corrected chi connectivity index (χ4v) is 8.76. The topological polar surface area (TPSA) is 234 Å². The number of hydrogen-bond acceptors (Lipinski definition) is 14. The van der Waals surface area contributed by atoms with E-state index < -0.39 is 20.2 Å². The van der Waals surface area contributed by atoms with Crippen LogP contribution in [0.1, 0.15) is 23.6 Å². The van der Waals surface area contributed by atoms with Gasteiger partial charge < -0.3 is 0 Å². The maximum atomic E-state index is 11.8. The van der Waals surface area contributed by atoms with Crippen molar-refractivity contribution in [1.29, 1.82) is 0 Å². The molecule has 0 amide bonds. The van der Waals surface area contributed by atoms with Crippen LogP contribution in [0.2, 0.25) is 0 Å². The molecular weight excluding hydrogens is 869 g/mol. The Labute approximate surface area is 363 Å². The van der Waals surface area contributed by atoms with Gasteiger partial charge in [-0.15, -0.1) is 24.7 Å². The van der Waals surface area contributed by atoms with Crippen LogP contribution < -0.4 is 0 Å². The van der Waals surface area contributed by atoms with Crippen molar-refractivity contribution >= 4 is 93.3 Å². The van der Waals surface area contributed by atoms with Crippen molar-refractivity contribution in [3.05, 3.63) is 144 Å². The summed E-state index contributed by atoms with van der Waals surface area (Å²) in [6, 6.07) is 35.6. The molecule has 0 bridgehead atoms. The normalized spacial score (nSPS) is 12.3. The van der Waals surface area contributed by atoms with Crippen LogP contribution in [0.15, 0.2) is 152 Å². The fraction of sp³-hybridized carbons (Fsp3) is 0.0698. The third kappa shape index (κ3) is 9.23. The molecule has 0 unspecified atom stereocenters. The Morgan fingerprint density at radius 1 is 0.635 bits per heavy atom. The third-order valence-corrected chi connectivity index (χ3v) is 12.2. The van der Waals surface area contributed by atoms with E-state index in [-0.39, 0.29) is 9.79 Å². The van der Waals surface area contributed by atoms with E-state index in [0.29, 0.717) is 44.1 Å². The van der Waals surface area contributed by atoms with Gasteiger partial charge in [0.05, 0.1) is 39.7 Å². The number of azo groups is 1. The minimum Gasteiger partial charge on any atom is -0.282 e. The van der Waals surface area contributed by atoms with E-state index in [1.165, 1.54) is 22.5 Å². The van der Waals surface area contributed by atoms with E-state index in [1.807, 2.05) is 48.5 Å². The molecule has 0 fully saturated rings. The lowest BCUT2D eigenvalue weighted by Gasteiger charge is -2.06. The predicted molar refractivity (Wildman–Crippen MR) is 238 cm³/mol. The minimum atomic E-state index is -4.45. The maximum Gasteiger partial charge on any atom is 0.295 e. The first-order valence-electron chi connectivity index (χ1n) is 18.7. The highest BCUT2D eigenvalue weighted by molar-refractivity contribution is 7.94. The first-order valence-corrected chi connectivity index (χ1v) is 22.4. The van der Waals surface area contributed by atoms with Gasteiger partial charge in [-0.05, 0) is 97.9 Å². The molecule has 9 rings (SSSR count). The summed E-state index contributed by atoms with van der Waals surface area (Å²) in [7, 11) is -8.77. The molecule has 0 saturated carbocycles. The average molecular weight is 903 g/mol. The lowest BCUT2D eigenvalue weighted by Crippen LogP contribution is -2.05. The number of rotatable bonds is 10. The van der Waals surface area contributed by atoms with Crippen molar-refractivity contribution in [3.8, 4) is 11.4 Å². The maximum absolute atomic E-state index is 11.8. The molecule has 3 N–H and O–H groups in total. The Hall–Kier alpha value is -6.75. The summed E-state index contributed by atoms with van der Waals surface area (Å²) in [5.74, 6) is 0. The van der Waals surface area contributed by atoms with E-state index in [1.54, 1.807) is 73.3 Å². The Balaban J connectivity index is 0.000000174. The van der Waals surface area contributed by atoms with Crippen molar-refractivity contribution in [3.63, 3.8) is 0 Å². The van der Waals surface area contributed by atoms with Gasteiger partial charge in [0.1, 0.15) is 27.0 Å². The summed E-state index contributed by atoms with van der Waals surface area (Å²) in [6.45, 7) is 5.40. The SMILES string of the molecule is CC=Cc1ccc(-n2nc3cc(SOOO)c4ccccc4c3n2)cc1S(=O)(=O)O.Cc1ccc2c(ccc3nn(-c4ccc(N=Nc5ccc(C)c(S(=O)(=O)O)c5)cc4)nc32)c1. The summed E-state index contributed by atoms with van der Waals surface area (Å²) in [5.41, 5.74) is 6.76. The molecule has 0 aliphatic rings. The van der Waals surface area contributed by atoms with Crippen molar-refractivity contribution in [2.24, 2.45) is 10.2 Å². The second-order valence-corrected chi connectivity index (χ2v) is 17.5. The van der Waals surface area contributed by atoms with Crippen LogP contribution in [0.4, 0.5) is 11.4 Å². The molecule has 2 aromatic heterocycles. The summed E-state index contributed by atoms with van der Waals surface area (Å²) in [6.07, 6.45) is 3.26. The predicted octanol–water partition coefficient (Wildman–Crippen LogP) is 10.1. The van der Waals surface area contributed by atoms with Gasteiger partial charge in [-0.3, -0.25) is 9.11 Å². The van der Waals surface area contributed by atoms with Gasteiger partial charge in [0.15, 0.2) is 0 Å². The highest BCUT2D eigenvalue weighted by atomic mass is 32.2. The molecule has 0 atom stereocenters. The molecular formula is C43H34N8O9S3. The smallest absolute Gasteiger partial charge is 0.282 e. The molecule has 2 heterocycles. The molecule has 17 nitrogen and oxygen atoms in total. The van der Waals surface area contributed by atoms with Gasteiger partial charge in [-0.2, -0.15) is 36.7 Å². The molecule has 0 saturated heterocycles. The quantitative estimate of drug-likeness (QED) is 0.0381.